The topological polar surface area (TPSA) is 195 Å². The van der Waals surface area contributed by atoms with Gasteiger partial charge < -0.3 is 15.5 Å². The number of nitrogens with one attached hydrogen (secondary N) is 1. The number of hydrogen-bond donors (Lipinski definition) is 4. The van der Waals surface area contributed by atoms with Gasteiger partial charge in [-0.2, -0.15) is 13.5 Å². The molecule has 3 aromatic rings. The first-order chi connectivity index (χ1) is 17.4. The molecule has 0 spiro atoms. The Balaban J connectivity index is 1.45. The summed E-state index contributed by atoms with van der Waals surface area (Å²) in [5.74, 6) is -0.567. The van der Waals surface area contributed by atoms with Crippen molar-refractivity contribution in [2.75, 3.05) is 11.9 Å². The monoisotopic (exact) mass is 531 g/mol. The zero-order valence-corrected chi connectivity index (χ0v) is 21.2. The van der Waals surface area contributed by atoms with E-state index < -0.39 is 33.7 Å². The molecule has 37 heavy (non-hydrogen) atoms. The van der Waals surface area contributed by atoms with Gasteiger partial charge in [0.1, 0.15) is 23.4 Å². The minimum Gasteiger partial charge on any atom is -0.393 e. The van der Waals surface area contributed by atoms with Crippen LogP contribution in [0.15, 0.2) is 43.0 Å². The van der Waals surface area contributed by atoms with Crippen LogP contribution in [0.4, 0.5) is 5.82 Å². The molecule has 0 amide bonds. The third-order valence-electron chi connectivity index (χ3n) is 6.03. The van der Waals surface area contributed by atoms with Crippen LogP contribution in [0.2, 0.25) is 0 Å². The van der Waals surface area contributed by atoms with Gasteiger partial charge in [-0.05, 0) is 44.9 Å². The van der Waals surface area contributed by atoms with Crippen LogP contribution in [0.25, 0.3) is 0 Å². The maximum absolute atomic E-state index is 13.2. The lowest BCUT2D eigenvalue weighted by molar-refractivity contribution is 0.0736. The van der Waals surface area contributed by atoms with E-state index >= 15 is 0 Å². The van der Waals surface area contributed by atoms with Crippen LogP contribution >= 0.6 is 0 Å². The summed E-state index contributed by atoms with van der Waals surface area (Å²) in [6, 6.07) is 6.65. The van der Waals surface area contributed by atoms with Crippen molar-refractivity contribution in [3.05, 3.63) is 65.6 Å². The summed E-state index contributed by atoms with van der Waals surface area (Å²) < 4.78 is 28.3. The Morgan fingerprint density at radius 1 is 1.30 bits per heavy atom. The van der Waals surface area contributed by atoms with Gasteiger partial charge in [0.05, 0.1) is 36.2 Å². The van der Waals surface area contributed by atoms with Crippen LogP contribution in [0.5, 0.6) is 0 Å². The highest BCUT2D eigenvalue weighted by Gasteiger charge is 2.35. The fourth-order valence-electron chi connectivity index (χ4n) is 4.17. The lowest BCUT2D eigenvalue weighted by atomic mass is 10.0. The lowest BCUT2D eigenvalue weighted by Crippen LogP contribution is -2.24. The number of pyridine rings is 1. The predicted molar refractivity (Wildman–Crippen MR) is 131 cm³/mol. The molecule has 14 heteroatoms. The fraction of sp³-hybridized carbons (Fsp3) is 0.435. The third-order valence-corrected chi connectivity index (χ3v) is 6.50. The summed E-state index contributed by atoms with van der Waals surface area (Å²) in [6.07, 6.45) is 4.23. The molecule has 13 nitrogen and oxygen atoms in total. The summed E-state index contributed by atoms with van der Waals surface area (Å²) in [6.45, 7) is 3.37. The number of carbonyl (C=O) groups is 1. The molecule has 0 unspecified atom stereocenters. The van der Waals surface area contributed by atoms with Gasteiger partial charge in [-0.1, -0.05) is 6.07 Å². The zero-order chi connectivity index (χ0) is 26.8. The number of carbonyl (C=O) groups excluding carboxylic acids is 1. The number of anilines is 1. The Labute approximate surface area is 214 Å². The molecule has 0 radical (unpaired) electrons. The molecule has 0 bridgehead atoms. The molecule has 5 N–H and O–H groups in total. The number of ketones is 1. The van der Waals surface area contributed by atoms with Crippen molar-refractivity contribution in [1.82, 2.24) is 24.7 Å². The summed E-state index contributed by atoms with van der Waals surface area (Å²) in [4.78, 5) is 25.9. The van der Waals surface area contributed by atoms with Crippen molar-refractivity contribution in [3.8, 4) is 0 Å². The first-order valence-corrected chi connectivity index (χ1v) is 13.0. The average Bonchev–Trinajstić information content (AvgIpc) is 3.43. The van der Waals surface area contributed by atoms with Crippen molar-refractivity contribution < 1.29 is 27.6 Å². The Hall–Kier alpha value is -3.30. The SMILES string of the molecule is CC(C)(O)c1cccc(Cn2ccc(C(=O)c3cncnc3N[C@@H]3C[C@H](COS(N)(=O)=O)[C@@H](O)C3)n2)n1. The zero-order valence-electron chi connectivity index (χ0n) is 20.4. The molecular weight excluding hydrogens is 502 g/mol. The molecule has 1 saturated carbocycles. The Morgan fingerprint density at radius 3 is 2.81 bits per heavy atom. The fourth-order valence-corrected chi connectivity index (χ4v) is 4.53. The van der Waals surface area contributed by atoms with Crippen molar-refractivity contribution in [1.29, 1.82) is 0 Å². The molecule has 0 aliphatic heterocycles. The molecule has 3 aromatic heterocycles. The van der Waals surface area contributed by atoms with Gasteiger partial charge in [0.2, 0.25) is 5.78 Å². The van der Waals surface area contributed by atoms with Crippen LogP contribution in [-0.4, -0.2) is 67.9 Å². The minimum atomic E-state index is -4.11. The van der Waals surface area contributed by atoms with Crippen LogP contribution in [0, 0.1) is 5.92 Å². The predicted octanol–water partition coefficient (Wildman–Crippen LogP) is 0.346. The summed E-state index contributed by atoms with van der Waals surface area (Å²) in [5.41, 5.74) is 0.507. The first-order valence-electron chi connectivity index (χ1n) is 11.6. The summed E-state index contributed by atoms with van der Waals surface area (Å²) in [7, 11) is -4.11. The highest BCUT2D eigenvalue weighted by atomic mass is 32.2. The quantitative estimate of drug-likeness (QED) is 0.263. The van der Waals surface area contributed by atoms with Crippen molar-refractivity contribution in [2.45, 2.75) is 51.0 Å². The molecule has 4 rings (SSSR count). The van der Waals surface area contributed by atoms with Gasteiger partial charge in [-0.15, -0.1) is 0 Å². The highest BCUT2D eigenvalue weighted by molar-refractivity contribution is 7.84. The van der Waals surface area contributed by atoms with E-state index in [-0.39, 0.29) is 29.7 Å². The largest absolute Gasteiger partial charge is 0.393 e. The van der Waals surface area contributed by atoms with Crippen molar-refractivity contribution >= 4 is 21.9 Å². The lowest BCUT2D eigenvalue weighted by Gasteiger charge is -2.17. The van der Waals surface area contributed by atoms with Crippen LogP contribution in [-0.2, 0) is 26.6 Å². The van der Waals surface area contributed by atoms with Crippen molar-refractivity contribution in [3.63, 3.8) is 0 Å². The van der Waals surface area contributed by atoms with Gasteiger partial charge in [-0.3, -0.25) is 18.6 Å². The van der Waals surface area contributed by atoms with Crippen LogP contribution in [0.3, 0.4) is 0 Å². The maximum atomic E-state index is 13.2. The molecule has 1 aliphatic rings. The highest BCUT2D eigenvalue weighted by Crippen LogP contribution is 2.30. The smallest absolute Gasteiger partial charge is 0.333 e. The van der Waals surface area contributed by atoms with Gasteiger partial charge in [0, 0.05) is 24.4 Å². The molecular formula is C23H29N7O6S. The van der Waals surface area contributed by atoms with Gasteiger partial charge in [0.25, 0.3) is 0 Å². The van der Waals surface area contributed by atoms with Gasteiger partial charge in [0.15, 0.2) is 0 Å². The standard InChI is InChI=1S/C23H29N7O6S/c1-23(2,33)20-5-3-4-15(27-20)11-30-7-6-18(29-30)21(32)17-10-25-13-26-22(17)28-16-8-14(19(31)9-16)12-36-37(24,34)35/h3-7,10,13-14,16,19,31,33H,8-9,11-12H2,1-2H3,(H2,24,34,35)(H,25,26,28)/t14-,16-,19+/m1/s1. The molecule has 1 fully saturated rings. The molecule has 3 heterocycles. The van der Waals surface area contributed by atoms with E-state index in [1.165, 1.54) is 12.5 Å². The van der Waals surface area contributed by atoms with E-state index in [9.17, 15) is 23.4 Å². The summed E-state index contributed by atoms with van der Waals surface area (Å²) in [5, 5.41) is 32.9. The summed E-state index contributed by atoms with van der Waals surface area (Å²) >= 11 is 0. The number of aliphatic hydroxyl groups excluding tert-OH is 1. The second kappa shape index (κ2) is 10.6. The van der Waals surface area contributed by atoms with E-state index in [0.29, 0.717) is 30.8 Å². The minimum absolute atomic E-state index is 0.183. The normalized spacial score (nSPS) is 20.2. The van der Waals surface area contributed by atoms with Crippen LogP contribution < -0.4 is 10.5 Å². The number of nitrogens with two attached hydrogens (primary N) is 1. The van der Waals surface area contributed by atoms with E-state index in [0.717, 1.165) is 0 Å². The maximum Gasteiger partial charge on any atom is 0.333 e. The van der Waals surface area contributed by atoms with E-state index in [2.05, 4.69) is 29.6 Å². The Bertz CT molecular complexity index is 1370. The molecule has 0 aromatic carbocycles. The van der Waals surface area contributed by atoms with Crippen molar-refractivity contribution in [2.24, 2.45) is 11.1 Å². The number of aliphatic hydroxyl groups is 2. The van der Waals surface area contributed by atoms with E-state index in [4.69, 9.17) is 5.14 Å². The molecule has 3 atom stereocenters. The second-order valence-electron chi connectivity index (χ2n) is 9.50. The van der Waals surface area contributed by atoms with E-state index in [1.807, 2.05) is 6.07 Å². The Kier molecular flexibility index (Phi) is 7.66. The molecule has 0 saturated heterocycles. The first kappa shape index (κ1) is 26.8. The number of rotatable bonds is 10. The van der Waals surface area contributed by atoms with E-state index in [1.54, 1.807) is 42.9 Å². The van der Waals surface area contributed by atoms with Gasteiger partial charge >= 0.3 is 10.3 Å². The molecule has 1 aliphatic carbocycles. The van der Waals surface area contributed by atoms with Gasteiger partial charge in [-0.25, -0.2) is 15.1 Å². The number of hydrogen-bond acceptors (Lipinski definition) is 11. The van der Waals surface area contributed by atoms with Crippen LogP contribution in [0.1, 0.15) is 54.1 Å². The number of nitrogens with zero attached hydrogens (tertiary/aromatic N) is 5. The molecule has 198 valence electrons. The third kappa shape index (κ3) is 6.93. The Morgan fingerprint density at radius 2 is 2.08 bits per heavy atom. The number of aromatic nitrogens is 5. The average molecular weight is 532 g/mol. The second-order valence-corrected chi connectivity index (χ2v) is 10.7.